The second kappa shape index (κ2) is 7.04. The van der Waals surface area contributed by atoms with Crippen LogP contribution in [0.5, 0.6) is 0 Å². The number of nitrogens with one attached hydrogen (secondary N) is 2. The molecular weight excluding hydrogens is 346 g/mol. The lowest BCUT2D eigenvalue weighted by Crippen LogP contribution is -2.43. The molecule has 0 radical (unpaired) electrons. The van der Waals surface area contributed by atoms with Crippen molar-refractivity contribution < 1.29 is 9.18 Å². The summed E-state index contributed by atoms with van der Waals surface area (Å²) in [6.07, 6.45) is 2.16. The Bertz CT molecular complexity index is 923. The first-order valence-electron chi connectivity index (χ1n) is 8.53. The Morgan fingerprint density at radius 1 is 1.04 bits per heavy atom. The van der Waals surface area contributed by atoms with Gasteiger partial charge in [0, 0.05) is 29.0 Å². The first-order valence-corrected chi connectivity index (χ1v) is 9.75. The van der Waals surface area contributed by atoms with Crippen molar-refractivity contribution in [1.29, 1.82) is 0 Å². The van der Waals surface area contributed by atoms with Gasteiger partial charge in [-0.1, -0.05) is 48.2 Å². The van der Waals surface area contributed by atoms with Gasteiger partial charge in [-0.2, -0.15) is 0 Å². The Kier molecular flexibility index (Phi) is 4.59. The summed E-state index contributed by atoms with van der Waals surface area (Å²) in [7, 11) is 0. The van der Waals surface area contributed by atoms with E-state index >= 15 is 0 Å². The second-order valence-electron chi connectivity index (χ2n) is 6.41. The molecule has 0 amide bonds. The van der Waals surface area contributed by atoms with Crippen LogP contribution in [0.1, 0.15) is 17.8 Å². The van der Waals surface area contributed by atoms with Crippen molar-refractivity contribution in [3.05, 3.63) is 72.0 Å². The normalized spacial score (nSPS) is 13.8. The molecule has 4 rings (SSSR count). The molecule has 0 saturated heterocycles. The lowest BCUT2D eigenvalue weighted by molar-refractivity contribution is -0.111. The van der Waals surface area contributed by atoms with Crippen molar-refractivity contribution >= 4 is 46.0 Å². The Labute approximate surface area is 156 Å². The largest absolute Gasteiger partial charge is 0.408 e. The summed E-state index contributed by atoms with van der Waals surface area (Å²) >= 11 is 1.23. The maximum Gasteiger partial charge on any atom is 0.378 e. The van der Waals surface area contributed by atoms with E-state index in [2.05, 4.69) is 34.7 Å². The van der Waals surface area contributed by atoms with E-state index in [9.17, 15) is 9.18 Å². The molecule has 1 atom stereocenters. The minimum Gasteiger partial charge on any atom is -0.408 e. The van der Waals surface area contributed by atoms with Crippen molar-refractivity contribution in [3.8, 4) is 0 Å². The van der Waals surface area contributed by atoms with Crippen LogP contribution in [0.4, 0.5) is 15.8 Å². The SMILES string of the molecule is CSC(=O)C[C@@H](B1Nc2cccc3cccc(c23)N1)c1ccc(F)cc1. The zero-order chi connectivity index (χ0) is 18.1. The van der Waals surface area contributed by atoms with Crippen LogP contribution in [0.2, 0.25) is 0 Å². The molecule has 0 aliphatic carbocycles. The minimum absolute atomic E-state index is 0.111. The van der Waals surface area contributed by atoms with Gasteiger partial charge in [-0.05, 0) is 41.5 Å². The third-order valence-corrected chi connectivity index (χ3v) is 5.46. The van der Waals surface area contributed by atoms with E-state index < -0.39 is 0 Å². The smallest absolute Gasteiger partial charge is 0.378 e. The van der Waals surface area contributed by atoms with Gasteiger partial charge in [-0.15, -0.1) is 0 Å². The summed E-state index contributed by atoms with van der Waals surface area (Å²) in [5.74, 6) is -0.387. The quantitative estimate of drug-likeness (QED) is 0.646. The van der Waals surface area contributed by atoms with Gasteiger partial charge in [-0.3, -0.25) is 4.79 Å². The van der Waals surface area contributed by atoms with Gasteiger partial charge in [0.05, 0.1) is 0 Å². The van der Waals surface area contributed by atoms with Crippen LogP contribution < -0.4 is 10.5 Å². The highest BCUT2D eigenvalue weighted by molar-refractivity contribution is 8.13. The van der Waals surface area contributed by atoms with Gasteiger partial charge in [-0.25, -0.2) is 4.39 Å². The molecule has 0 unspecified atom stereocenters. The Hall–Kier alpha value is -2.47. The third kappa shape index (κ3) is 3.17. The maximum absolute atomic E-state index is 13.4. The van der Waals surface area contributed by atoms with Crippen LogP contribution in [-0.4, -0.2) is 18.4 Å². The lowest BCUT2D eigenvalue weighted by Gasteiger charge is -2.31. The molecule has 3 nitrogen and oxygen atoms in total. The first kappa shape index (κ1) is 17.0. The van der Waals surface area contributed by atoms with E-state index in [0.717, 1.165) is 27.7 Å². The summed E-state index contributed by atoms with van der Waals surface area (Å²) < 4.78 is 13.4. The molecule has 26 heavy (non-hydrogen) atoms. The van der Waals surface area contributed by atoms with Crippen LogP contribution >= 0.6 is 11.8 Å². The van der Waals surface area contributed by atoms with Gasteiger partial charge in [0.1, 0.15) is 5.82 Å². The van der Waals surface area contributed by atoms with Gasteiger partial charge in [0.2, 0.25) is 0 Å². The zero-order valence-corrected chi connectivity index (χ0v) is 15.1. The summed E-state index contributed by atoms with van der Waals surface area (Å²) in [5, 5.41) is 9.50. The topological polar surface area (TPSA) is 41.1 Å². The van der Waals surface area contributed by atoms with Gasteiger partial charge >= 0.3 is 6.98 Å². The third-order valence-electron chi connectivity index (χ3n) is 4.84. The number of rotatable bonds is 4. The molecule has 1 aliphatic rings. The molecule has 0 fully saturated rings. The van der Waals surface area contributed by atoms with E-state index in [1.54, 1.807) is 18.4 Å². The molecule has 0 saturated carbocycles. The monoisotopic (exact) mass is 364 g/mol. The number of anilines is 2. The molecule has 3 aromatic carbocycles. The fourth-order valence-corrected chi connectivity index (χ4v) is 3.90. The molecule has 1 heterocycles. The highest BCUT2D eigenvalue weighted by Gasteiger charge is 2.34. The maximum atomic E-state index is 13.4. The molecule has 0 aromatic heterocycles. The zero-order valence-electron chi connectivity index (χ0n) is 14.3. The summed E-state index contributed by atoms with van der Waals surface area (Å²) in [4.78, 5) is 12.2. The van der Waals surface area contributed by atoms with Crippen molar-refractivity contribution in [2.75, 3.05) is 16.7 Å². The van der Waals surface area contributed by atoms with Crippen LogP contribution in [0.3, 0.4) is 0 Å². The van der Waals surface area contributed by atoms with E-state index in [1.165, 1.54) is 23.9 Å². The standard InChI is InChI=1S/C20H18BFN2OS/c1-26-19(25)12-16(13-8-10-15(22)11-9-13)21-23-17-6-2-4-14-5-3-7-18(24-21)20(14)17/h2-11,16,23-24H,12H2,1H3/t16-/m1/s1. The fraction of sp³-hybridized carbons (Fsp3) is 0.150. The van der Waals surface area contributed by atoms with Gasteiger partial charge in [0.15, 0.2) is 5.12 Å². The van der Waals surface area contributed by atoms with Crippen molar-refractivity contribution in [3.63, 3.8) is 0 Å². The van der Waals surface area contributed by atoms with Gasteiger partial charge < -0.3 is 10.5 Å². The number of carbonyl (C=O) groups is 1. The predicted molar refractivity (Wildman–Crippen MR) is 109 cm³/mol. The number of hydrogen-bond acceptors (Lipinski definition) is 4. The number of halogens is 1. The van der Waals surface area contributed by atoms with Crippen molar-refractivity contribution in [2.24, 2.45) is 0 Å². The second-order valence-corrected chi connectivity index (χ2v) is 7.28. The minimum atomic E-state index is -0.275. The van der Waals surface area contributed by atoms with Crippen LogP contribution in [0.15, 0.2) is 60.7 Å². The first-order chi connectivity index (χ1) is 12.7. The Morgan fingerprint density at radius 2 is 1.65 bits per heavy atom. The molecule has 1 aliphatic heterocycles. The van der Waals surface area contributed by atoms with Gasteiger partial charge in [0.25, 0.3) is 0 Å². The highest BCUT2D eigenvalue weighted by atomic mass is 32.2. The number of benzene rings is 3. The van der Waals surface area contributed by atoms with Crippen molar-refractivity contribution in [1.82, 2.24) is 0 Å². The number of carbonyl (C=O) groups excluding carboxylic acids is 1. The molecule has 3 aromatic rings. The Balaban J connectivity index is 1.72. The number of thioether (sulfide) groups is 1. The molecule has 0 bridgehead atoms. The van der Waals surface area contributed by atoms with E-state index in [4.69, 9.17) is 0 Å². The molecule has 130 valence electrons. The summed E-state index contributed by atoms with van der Waals surface area (Å²) in [6.45, 7) is -0.155. The van der Waals surface area contributed by atoms with E-state index in [1.807, 2.05) is 12.1 Å². The average molecular weight is 364 g/mol. The fourth-order valence-electron chi connectivity index (χ4n) is 3.55. The molecule has 2 N–H and O–H groups in total. The molecular formula is C20H18BFN2OS. The van der Waals surface area contributed by atoms with E-state index in [-0.39, 0.29) is 23.7 Å². The molecule has 0 spiro atoms. The predicted octanol–water partition coefficient (Wildman–Crippen LogP) is 4.91. The summed E-state index contributed by atoms with van der Waals surface area (Å²) in [6, 6.07) is 18.7. The highest BCUT2D eigenvalue weighted by Crippen LogP contribution is 2.37. The number of hydrogen-bond donors (Lipinski definition) is 2. The lowest BCUT2D eigenvalue weighted by atomic mass is 9.57. The average Bonchev–Trinajstić information content (AvgIpc) is 2.67. The Morgan fingerprint density at radius 3 is 2.23 bits per heavy atom. The van der Waals surface area contributed by atoms with Crippen molar-refractivity contribution in [2.45, 2.75) is 12.2 Å². The summed E-state index contributed by atoms with van der Waals surface area (Å²) in [5.41, 5.74) is 3.03. The van der Waals surface area contributed by atoms with Crippen LogP contribution in [0, 0.1) is 5.82 Å². The van der Waals surface area contributed by atoms with Crippen LogP contribution in [-0.2, 0) is 4.79 Å². The van der Waals surface area contributed by atoms with E-state index in [0.29, 0.717) is 6.42 Å². The van der Waals surface area contributed by atoms with Crippen LogP contribution in [0.25, 0.3) is 10.8 Å². The molecule has 6 heteroatoms.